The summed E-state index contributed by atoms with van der Waals surface area (Å²) in [5, 5.41) is 0. The minimum Gasteiger partial charge on any atom is -0.490 e. The Morgan fingerprint density at radius 1 is 0.800 bits per heavy atom. The number of para-hydroxylation sites is 2. The summed E-state index contributed by atoms with van der Waals surface area (Å²) < 4.78 is 11.5. The quantitative estimate of drug-likeness (QED) is 0.565. The van der Waals surface area contributed by atoms with Crippen LogP contribution in [0.15, 0.2) is 79.1 Å². The fourth-order valence-corrected chi connectivity index (χ4v) is 3.49. The zero-order valence-electron chi connectivity index (χ0n) is 16.8. The maximum Gasteiger partial charge on any atom is 0.257 e. The van der Waals surface area contributed by atoms with Crippen molar-refractivity contribution >= 4 is 11.6 Å². The van der Waals surface area contributed by atoms with E-state index in [9.17, 15) is 4.79 Å². The van der Waals surface area contributed by atoms with Gasteiger partial charge in [-0.2, -0.15) is 0 Å². The molecule has 0 unspecified atom stereocenters. The van der Waals surface area contributed by atoms with Crippen LogP contribution in [0.25, 0.3) is 0 Å². The van der Waals surface area contributed by atoms with Gasteiger partial charge in [-0.1, -0.05) is 30.3 Å². The maximum absolute atomic E-state index is 13.1. The molecule has 6 heteroatoms. The van der Waals surface area contributed by atoms with Crippen molar-refractivity contribution in [3.8, 4) is 11.5 Å². The highest BCUT2D eigenvalue weighted by atomic mass is 16.5. The third-order valence-corrected chi connectivity index (χ3v) is 5.07. The first kappa shape index (κ1) is 19.8. The number of rotatable bonds is 7. The standard InChI is InChI=1S/C24H25N3O3/c28-24(27-16-14-26(15-17-27)20-10-12-25-13-11-20)22-8-4-5-9-23(22)30-19-18-29-21-6-2-1-3-7-21/h1-13H,14-19H2. The van der Waals surface area contributed by atoms with Crippen LogP contribution in [-0.2, 0) is 0 Å². The molecule has 0 bridgehead atoms. The Balaban J connectivity index is 1.32. The number of anilines is 1. The molecule has 2 aromatic carbocycles. The second-order valence-corrected chi connectivity index (χ2v) is 6.99. The van der Waals surface area contributed by atoms with Crippen LogP contribution in [0.5, 0.6) is 11.5 Å². The average Bonchev–Trinajstić information content (AvgIpc) is 2.83. The second-order valence-electron chi connectivity index (χ2n) is 6.99. The molecular weight excluding hydrogens is 378 g/mol. The molecule has 3 aromatic rings. The van der Waals surface area contributed by atoms with Gasteiger partial charge in [0.2, 0.25) is 0 Å². The lowest BCUT2D eigenvalue weighted by molar-refractivity contribution is 0.0741. The van der Waals surface area contributed by atoms with Gasteiger partial charge in [-0.15, -0.1) is 0 Å². The van der Waals surface area contributed by atoms with Crippen molar-refractivity contribution in [1.82, 2.24) is 9.88 Å². The molecule has 30 heavy (non-hydrogen) atoms. The molecule has 1 aliphatic rings. The largest absolute Gasteiger partial charge is 0.490 e. The molecule has 0 atom stereocenters. The highest BCUT2D eigenvalue weighted by Gasteiger charge is 2.24. The van der Waals surface area contributed by atoms with E-state index in [0.717, 1.165) is 24.5 Å². The summed E-state index contributed by atoms with van der Waals surface area (Å²) in [7, 11) is 0. The van der Waals surface area contributed by atoms with Crippen LogP contribution in [0.1, 0.15) is 10.4 Å². The summed E-state index contributed by atoms with van der Waals surface area (Å²) in [6, 6.07) is 21.0. The molecule has 6 nitrogen and oxygen atoms in total. The monoisotopic (exact) mass is 403 g/mol. The summed E-state index contributed by atoms with van der Waals surface area (Å²) in [5.41, 5.74) is 1.73. The molecule has 154 valence electrons. The molecule has 1 amide bonds. The number of aromatic nitrogens is 1. The minimum absolute atomic E-state index is 0.00366. The molecular formula is C24H25N3O3. The van der Waals surface area contributed by atoms with Crippen LogP contribution < -0.4 is 14.4 Å². The number of pyridine rings is 1. The number of hydrogen-bond acceptors (Lipinski definition) is 5. The predicted molar refractivity (Wildman–Crippen MR) is 116 cm³/mol. The van der Waals surface area contributed by atoms with Gasteiger partial charge in [0.1, 0.15) is 24.7 Å². The van der Waals surface area contributed by atoms with Crippen LogP contribution >= 0.6 is 0 Å². The molecule has 0 saturated carbocycles. The van der Waals surface area contributed by atoms with E-state index in [4.69, 9.17) is 9.47 Å². The molecule has 4 rings (SSSR count). The Morgan fingerprint density at radius 3 is 2.23 bits per heavy atom. The number of benzene rings is 2. The van der Waals surface area contributed by atoms with Gasteiger partial charge < -0.3 is 19.3 Å². The topological polar surface area (TPSA) is 54.9 Å². The lowest BCUT2D eigenvalue weighted by Crippen LogP contribution is -2.48. The number of nitrogens with zero attached hydrogens (tertiary/aromatic N) is 3. The van der Waals surface area contributed by atoms with Gasteiger partial charge in [0.15, 0.2) is 0 Å². The Labute approximate surface area is 176 Å². The van der Waals surface area contributed by atoms with Gasteiger partial charge in [0.25, 0.3) is 5.91 Å². The molecule has 1 aromatic heterocycles. The van der Waals surface area contributed by atoms with E-state index in [-0.39, 0.29) is 5.91 Å². The first-order valence-electron chi connectivity index (χ1n) is 10.2. The Morgan fingerprint density at radius 2 is 1.47 bits per heavy atom. The maximum atomic E-state index is 13.1. The summed E-state index contributed by atoms with van der Waals surface area (Å²) in [6.45, 7) is 3.72. The van der Waals surface area contributed by atoms with Gasteiger partial charge in [0, 0.05) is 44.3 Å². The van der Waals surface area contributed by atoms with Crippen molar-refractivity contribution in [1.29, 1.82) is 0 Å². The van der Waals surface area contributed by atoms with Crippen LogP contribution in [0.2, 0.25) is 0 Å². The van der Waals surface area contributed by atoms with Crippen molar-refractivity contribution in [2.24, 2.45) is 0 Å². The first-order valence-corrected chi connectivity index (χ1v) is 10.2. The van der Waals surface area contributed by atoms with Gasteiger partial charge in [0.05, 0.1) is 5.56 Å². The van der Waals surface area contributed by atoms with Crippen molar-refractivity contribution in [2.45, 2.75) is 0 Å². The van der Waals surface area contributed by atoms with Crippen molar-refractivity contribution in [2.75, 3.05) is 44.3 Å². The fraction of sp³-hybridized carbons (Fsp3) is 0.250. The Kier molecular flexibility index (Phi) is 6.44. The number of carbonyl (C=O) groups is 1. The number of carbonyl (C=O) groups excluding carboxylic acids is 1. The van der Waals surface area contributed by atoms with E-state index in [2.05, 4.69) is 9.88 Å². The zero-order chi connectivity index (χ0) is 20.6. The number of hydrogen-bond donors (Lipinski definition) is 0. The van der Waals surface area contributed by atoms with Gasteiger partial charge in [-0.3, -0.25) is 9.78 Å². The van der Waals surface area contributed by atoms with Gasteiger partial charge >= 0.3 is 0 Å². The summed E-state index contributed by atoms with van der Waals surface area (Å²) in [4.78, 5) is 21.3. The van der Waals surface area contributed by atoms with Crippen molar-refractivity contribution in [3.05, 3.63) is 84.7 Å². The Hall–Kier alpha value is -3.54. The zero-order valence-corrected chi connectivity index (χ0v) is 16.8. The van der Waals surface area contributed by atoms with E-state index in [1.807, 2.05) is 71.6 Å². The van der Waals surface area contributed by atoms with E-state index >= 15 is 0 Å². The van der Waals surface area contributed by atoms with Gasteiger partial charge in [-0.05, 0) is 36.4 Å². The van der Waals surface area contributed by atoms with E-state index in [1.165, 1.54) is 0 Å². The number of piperazine rings is 1. The first-order chi connectivity index (χ1) is 14.8. The van der Waals surface area contributed by atoms with Crippen molar-refractivity contribution < 1.29 is 14.3 Å². The normalized spacial score (nSPS) is 13.7. The molecule has 2 heterocycles. The third-order valence-electron chi connectivity index (χ3n) is 5.07. The number of ether oxygens (including phenoxy) is 2. The fourth-order valence-electron chi connectivity index (χ4n) is 3.49. The van der Waals surface area contributed by atoms with Crippen molar-refractivity contribution in [3.63, 3.8) is 0 Å². The van der Waals surface area contributed by atoms with E-state index in [1.54, 1.807) is 12.4 Å². The lowest BCUT2D eigenvalue weighted by Gasteiger charge is -2.36. The summed E-state index contributed by atoms with van der Waals surface area (Å²) in [5.74, 6) is 1.40. The lowest BCUT2D eigenvalue weighted by atomic mass is 10.1. The molecule has 0 radical (unpaired) electrons. The molecule has 0 aliphatic carbocycles. The minimum atomic E-state index is 0.00366. The Bertz CT molecular complexity index is 942. The molecule has 1 saturated heterocycles. The van der Waals surface area contributed by atoms with E-state index in [0.29, 0.717) is 37.6 Å². The summed E-state index contributed by atoms with van der Waals surface area (Å²) >= 11 is 0. The van der Waals surface area contributed by atoms with Gasteiger partial charge in [-0.25, -0.2) is 0 Å². The summed E-state index contributed by atoms with van der Waals surface area (Å²) in [6.07, 6.45) is 3.59. The van der Waals surface area contributed by atoms with E-state index < -0.39 is 0 Å². The molecule has 0 spiro atoms. The highest BCUT2D eigenvalue weighted by Crippen LogP contribution is 2.22. The number of amides is 1. The van der Waals surface area contributed by atoms with Crippen LogP contribution in [0, 0.1) is 0 Å². The average molecular weight is 403 g/mol. The smallest absolute Gasteiger partial charge is 0.257 e. The molecule has 0 N–H and O–H groups in total. The van der Waals surface area contributed by atoms with Crippen LogP contribution in [0.3, 0.4) is 0 Å². The predicted octanol–water partition coefficient (Wildman–Crippen LogP) is 3.50. The molecule has 1 aliphatic heterocycles. The second kappa shape index (κ2) is 9.78. The highest BCUT2D eigenvalue weighted by molar-refractivity contribution is 5.97. The SMILES string of the molecule is O=C(c1ccccc1OCCOc1ccccc1)N1CCN(c2ccncc2)CC1. The third kappa shape index (κ3) is 4.89. The van der Waals surface area contributed by atoms with Crippen LogP contribution in [0.4, 0.5) is 5.69 Å². The van der Waals surface area contributed by atoms with Crippen LogP contribution in [-0.4, -0.2) is 55.2 Å². The molecule has 1 fully saturated rings.